The number of nitrogens with zero attached hydrogens (tertiary/aromatic N) is 2. The van der Waals surface area contributed by atoms with Gasteiger partial charge in [-0.05, 0) is 19.2 Å². The second kappa shape index (κ2) is 7.86. The Morgan fingerprint density at radius 1 is 1.17 bits per heavy atom. The maximum Gasteiger partial charge on any atom is 0.257 e. The van der Waals surface area contributed by atoms with Gasteiger partial charge < -0.3 is 19.9 Å². The zero-order valence-electron chi connectivity index (χ0n) is 13.1. The minimum absolute atomic E-state index is 0.0887. The zero-order chi connectivity index (χ0) is 17.0. The molecule has 2 amide bonds. The monoisotopic (exact) mass is 359 g/mol. The number of halogens is 2. The van der Waals surface area contributed by atoms with Gasteiger partial charge in [0.2, 0.25) is 5.91 Å². The van der Waals surface area contributed by atoms with Crippen molar-refractivity contribution < 1.29 is 14.3 Å². The largest absolute Gasteiger partial charge is 0.494 e. The van der Waals surface area contributed by atoms with Gasteiger partial charge >= 0.3 is 0 Å². The maximum absolute atomic E-state index is 12.3. The van der Waals surface area contributed by atoms with Crippen molar-refractivity contribution in [2.45, 2.75) is 0 Å². The highest BCUT2D eigenvalue weighted by Crippen LogP contribution is 2.33. The molecule has 23 heavy (non-hydrogen) atoms. The van der Waals surface area contributed by atoms with Crippen molar-refractivity contribution in [1.29, 1.82) is 0 Å². The van der Waals surface area contributed by atoms with Crippen molar-refractivity contribution in [2.24, 2.45) is 0 Å². The molecule has 0 saturated carbocycles. The molecule has 1 aromatic carbocycles. The van der Waals surface area contributed by atoms with Gasteiger partial charge in [0.1, 0.15) is 5.56 Å². The maximum atomic E-state index is 12.3. The van der Waals surface area contributed by atoms with E-state index in [4.69, 9.17) is 27.9 Å². The molecule has 126 valence electrons. The van der Waals surface area contributed by atoms with E-state index in [0.717, 1.165) is 13.1 Å². The molecule has 0 unspecified atom stereocenters. The molecule has 1 heterocycles. The predicted octanol–water partition coefficient (Wildman–Crippen LogP) is 1.51. The second-order valence-corrected chi connectivity index (χ2v) is 6.12. The first-order chi connectivity index (χ1) is 10.9. The van der Waals surface area contributed by atoms with Crippen LogP contribution in [0.5, 0.6) is 5.75 Å². The molecule has 6 nitrogen and oxygen atoms in total. The Kier molecular flexibility index (Phi) is 6.10. The third-order valence-corrected chi connectivity index (χ3v) is 4.36. The first kappa shape index (κ1) is 17.8. The van der Waals surface area contributed by atoms with Crippen LogP contribution in [0.25, 0.3) is 0 Å². The standard InChI is InChI=1S/C15H19Cl2N3O3/c1-19-5-7-20(8-6-19)12(21)9-18-15(22)13-10(16)3-4-11(17)14(13)23-2/h3-4H,5-9H2,1-2H3,(H,18,22). The molecule has 0 spiro atoms. The number of hydrogen-bond acceptors (Lipinski definition) is 4. The van der Waals surface area contributed by atoms with Crippen LogP contribution in [0.2, 0.25) is 10.0 Å². The Labute approximate surface area is 145 Å². The zero-order valence-corrected chi connectivity index (χ0v) is 14.6. The van der Waals surface area contributed by atoms with Crippen molar-refractivity contribution >= 4 is 35.0 Å². The topological polar surface area (TPSA) is 61.9 Å². The summed E-state index contributed by atoms with van der Waals surface area (Å²) in [6, 6.07) is 3.07. The summed E-state index contributed by atoms with van der Waals surface area (Å²) in [5.41, 5.74) is 0.132. The number of piperazine rings is 1. The summed E-state index contributed by atoms with van der Waals surface area (Å²) in [4.78, 5) is 28.4. The van der Waals surface area contributed by atoms with Gasteiger partial charge in [0.05, 0.1) is 23.7 Å². The van der Waals surface area contributed by atoms with Crippen LogP contribution in [-0.2, 0) is 4.79 Å². The predicted molar refractivity (Wildman–Crippen MR) is 89.4 cm³/mol. The number of carbonyl (C=O) groups is 2. The van der Waals surface area contributed by atoms with Crippen molar-refractivity contribution in [1.82, 2.24) is 15.1 Å². The van der Waals surface area contributed by atoms with Gasteiger partial charge in [-0.1, -0.05) is 23.2 Å². The van der Waals surface area contributed by atoms with Gasteiger partial charge in [-0.2, -0.15) is 0 Å². The molecule has 0 aromatic heterocycles. The number of benzene rings is 1. The lowest BCUT2D eigenvalue weighted by Crippen LogP contribution is -2.50. The number of amides is 2. The molecule has 2 rings (SSSR count). The van der Waals surface area contributed by atoms with Crippen LogP contribution in [0.1, 0.15) is 10.4 Å². The van der Waals surface area contributed by atoms with Gasteiger partial charge in [-0.3, -0.25) is 9.59 Å². The van der Waals surface area contributed by atoms with E-state index in [1.807, 2.05) is 7.05 Å². The average Bonchev–Trinajstić information content (AvgIpc) is 2.54. The molecular formula is C15H19Cl2N3O3. The van der Waals surface area contributed by atoms with Gasteiger partial charge in [0, 0.05) is 26.2 Å². The second-order valence-electron chi connectivity index (χ2n) is 5.30. The molecule has 8 heteroatoms. The SMILES string of the molecule is COc1c(Cl)ccc(Cl)c1C(=O)NCC(=O)N1CCN(C)CC1. The number of methoxy groups -OCH3 is 1. The Bertz CT molecular complexity index is 602. The fraction of sp³-hybridized carbons (Fsp3) is 0.467. The number of nitrogens with one attached hydrogen (secondary N) is 1. The van der Waals surface area contributed by atoms with E-state index in [9.17, 15) is 9.59 Å². The Hall–Kier alpha value is -1.50. The molecule has 0 radical (unpaired) electrons. The quantitative estimate of drug-likeness (QED) is 0.884. The smallest absolute Gasteiger partial charge is 0.257 e. The molecule has 0 atom stereocenters. The van der Waals surface area contributed by atoms with Crippen molar-refractivity contribution in [2.75, 3.05) is 46.9 Å². The van der Waals surface area contributed by atoms with Crippen LogP contribution < -0.4 is 10.1 Å². The van der Waals surface area contributed by atoms with Crippen LogP contribution in [0.3, 0.4) is 0 Å². The van der Waals surface area contributed by atoms with Crippen molar-refractivity contribution in [3.05, 3.63) is 27.7 Å². The molecule has 0 aliphatic carbocycles. The van der Waals surface area contributed by atoms with Gasteiger partial charge in [0.15, 0.2) is 5.75 Å². The normalized spacial score (nSPS) is 15.4. The molecule has 0 bridgehead atoms. The highest BCUT2D eigenvalue weighted by molar-refractivity contribution is 6.37. The van der Waals surface area contributed by atoms with Gasteiger partial charge in [0.25, 0.3) is 5.91 Å². The number of carbonyl (C=O) groups excluding carboxylic acids is 2. The summed E-state index contributed by atoms with van der Waals surface area (Å²) >= 11 is 12.1. The molecule has 1 aromatic rings. The lowest BCUT2D eigenvalue weighted by atomic mass is 10.2. The highest BCUT2D eigenvalue weighted by Gasteiger charge is 2.22. The Morgan fingerprint density at radius 2 is 1.78 bits per heavy atom. The van der Waals surface area contributed by atoms with E-state index >= 15 is 0 Å². The first-order valence-electron chi connectivity index (χ1n) is 7.20. The van der Waals surface area contributed by atoms with Crippen molar-refractivity contribution in [3.63, 3.8) is 0 Å². The Morgan fingerprint density at radius 3 is 2.39 bits per heavy atom. The molecule has 1 saturated heterocycles. The lowest BCUT2D eigenvalue weighted by Gasteiger charge is -2.32. The number of hydrogen-bond donors (Lipinski definition) is 1. The molecule has 1 N–H and O–H groups in total. The first-order valence-corrected chi connectivity index (χ1v) is 7.96. The summed E-state index contributed by atoms with van der Waals surface area (Å²) in [5, 5.41) is 3.09. The number of likely N-dealkylation sites (N-methyl/N-ethyl adjacent to an activating group) is 1. The third kappa shape index (κ3) is 4.28. The van der Waals surface area contributed by atoms with Crippen molar-refractivity contribution in [3.8, 4) is 5.75 Å². The number of ether oxygens (including phenoxy) is 1. The minimum Gasteiger partial charge on any atom is -0.494 e. The summed E-state index contributed by atoms with van der Waals surface area (Å²) in [7, 11) is 3.42. The fourth-order valence-corrected chi connectivity index (χ4v) is 2.83. The van der Waals surface area contributed by atoms with Crippen LogP contribution in [0.4, 0.5) is 0 Å². The Balaban J connectivity index is 2.00. The van der Waals surface area contributed by atoms with E-state index in [2.05, 4.69) is 10.2 Å². The van der Waals surface area contributed by atoms with E-state index in [1.54, 1.807) is 11.0 Å². The van der Waals surface area contributed by atoms with E-state index in [-0.39, 0.29) is 33.8 Å². The lowest BCUT2D eigenvalue weighted by molar-refractivity contribution is -0.131. The number of rotatable bonds is 4. The van der Waals surface area contributed by atoms with Crippen LogP contribution in [0.15, 0.2) is 12.1 Å². The fourth-order valence-electron chi connectivity index (χ4n) is 2.36. The van der Waals surface area contributed by atoms with Crippen LogP contribution in [-0.4, -0.2) is 68.5 Å². The summed E-state index contributed by atoms with van der Waals surface area (Å²) < 4.78 is 5.13. The van der Waals surface area contributed by atoms with Crippen LogP contribution >= 0.6 is 23.2 Å². The summed E-state index contributed by atoms with van der Waals surface area (Å²) in [5.74, 6) is -0.413. The van der Waals surface area contributed by atoms with Gasteiger partial charge in [-0.25, -0.2) is 0 Å². The van der Waals surface area contributed by atoms with E-state index < -0.39 is 5.91 Å². The van der Waals surface area contributed by atoms with E-state index in [1.165, 1.54) is 13.2 Å². The van der Waals surface area contributed by atoms with Crippen LogP contribution in [0, 0.1) is 0 Å². The highest BCUT2D eigenvalue weighted by atomic mass is 35.5. The molecule has 1 aliphatic heterocycles. The molecule has 1 fully saturated rings. The molecular weight excluding hydrogens is 341 g/mol. The third-order valence-electron chi connectivity index (χ3n) is 3.75. The van der Waals surface area contributed by atoms with Gasteiger partial charge in [-0.15, -0.1) is 0 Å². The minimum atomic E-state index is -0.489. The molecule has 1 aliphatic rings. The van der Waals surface area contributed by atoms with E-state index in [0.29, 0.717) is 13.1 Å². The summed E-state index contributed by atoms with van der Waals surface area (Å²) in [6.45, 7) is 2.88. The summed E-state index contributed by atoms with van der Waals surface area (Å²) in [6.07, 6.45) is 0. The average molecular weight is 360 g/mol.